The minimum Gasteiger partial charge on any atom is -0.454 e. The van der Waals surface area contributed by atoms with Crippen molar-refractivity contribution in [3.8, 4) is 0 Å². The molecule has 1 heterocycles. The molecule has 0 amide bonds. The second-order valence-electron chi connectivity index (χ2n) is 8.63. The summed E-state index contributed by atoms with van der Waals surface area (Å²) in [4.78, 5) is 62.8. The molecule has 0 N–H and O–H groups in total. The number of hydrogen-bond acceptors (Lipinski definition) is 8. The van der Waals surface area contributed by atoms with E-state index in [9.17, 15) is 29.3 Å². The molecule has 3 aromatic rings. The van der Waals surface area contributed by atoms with Crippen LogP contribution >= 0.6 is 0 Å². The Kier molecular flexibility index (Phi) is 7.12. The van der Waals surface area contributed by atoms with Crippen molar-refractivity contribution < 1.29 is 33.6 Å². The quantitative estimate of drug-likeness (QED) is 0.110. The van der Waals surface area contributed by atoms with Crippen molar-refractivity contribution in [2.24, 2.45) is 0 Å². The smallest absolute Gasteiger partial charge is 0.345 e. The van der Waals surface area contributed by atoms with Crippen LogP contribution < -0.4 is 0 Å². The summed E-state index contributed by atoms with van der Waals surface area (Å²) in [5.74, 6) is -2.90. The fourth-order valence-corrected chi connectivity index (χ4v) is 4.60. The number of carbonyl (C=O) groups excluding carboxylic acids is 4. The van der Waals surface area contributed by atoms with Gasteiger partial charge in [-0.1, -0.05) is 24.3 Å². The molecule has 0 aliphatic heterocycles. The van der Waals surface area contributed by atoms with Gasteiger partial charge in [-0.25, -0.2) is 4.79 Å². The molecule has 0 bridgehead atoms. The van der Waals surface area contributed by atoms with Crippen LogP contribution in [0.25, 0.3) is 0 Å². The monoisotopic (exact) mass is 504 g/mol. The van der Waals surface area contributed by atoms with E-state index in [1.165, 1.54) is 18.2 Å². The third-order valence-electron chi connectivity index (χ3n) is 6.41. The molecule has 0 saturated heterocycles. The first-order chi connectivity index (χ1) is 17.7. The number of ketones is 3. The number of nitro groups is 1. The van der Waals surface area contributed by atoms with Crippen molar-refractivity contribution in [2.75, 3.05) is 20.3 Å². The van der Waals surface area contributed by atoms with Crippen LogP contribution in [0.2, 0.25) is 0 Å². The number of esters is 1. The molecule has 0 spiro atoms. The minimum atomic E-state index is -1.14. The number of benzene rings is 2. The Morgan fingerprint density at radius 3 is 2.30 bits per heavy atom. The highest BCUT2D eigenvalue weighted by Gasteiger charge is 2.39. The molecule has 10 heteroatoms. The number of ether oxygens (including phenoxy) is 2. The highest BCUT2D eigenvalue weighted by molar-refractivity contribution is 6.30. The number of rotatable bonds is 9. The van der Waals surface area contributed by atoms with Crippen LogP contribution in [0.5, 0.6) is 0 Å². The highest BCUT2D eigenvalue weighted by Crippen LogP contribution is 2.35. The largest absolute Gasteiger partial charge is 0.454 e. The summed E-state index contributed by atoms with van der Waals surface area (Å²) in [7, 11) is 1.61. The molecule has 1 aliphatic carbocycles. The van der Waals surface area contributed by atoms with Crippen molar-refractivity contribution in [2.45, 2.75) is 26.8 Å². The lowest BCUT2D eigenvalue weighted by molar-refractivity contribution is -0.385. The SMILES string of the molecule is COCCCn1c(C)cc(C(=O)COC(=O)c2ccc3c(c2[N+](=O)[O-])C(=O)c2ccccc2C3=O)c1C. The van der Waals surface area contributed by atoms with Crippen molar-refractivity contribution in [3.05, 3.63) is 97.3 Å². The van der Waals surface area contributed by atoms with Gasteiger partial charge in [-0.2, -0.15) is 0 Å². The molecular weight excluding hydrogens is 480 g/mol. The number of aromatic nitrogens is 1. The number of fused-ring (bicyclic) bond motifs is 2. The molecule has 0 saturated carbocycles. The summed E-state index contributed by atoms with van der Waals surface area (Å²) in [5, 5.41) is 12.0. The van der Waals surface area contributed by atoms with Crippen LogP contribution in [-0.2, 0) is 16.0 Å². The third-order valence-corrected chi connectivity index (χ3v) is 6.41. The summed E-state index contributed by atoms with van der Waals surface area (Å²) < 4.78 is 12.2. The predicted molar refractivity (Wildman–Crippen MR) is 131 cm³/mol. The molecule has 0 atom stereocenters. The zero-order valence-electron chi connectivity index (χ0n) is 20.5. The van der Waals surface area contributed by atoms with Crippen molar-refractivity contribution >= 4 is 29.0 Å². The van der Waals surface area contributed by atoms with Gasteiger partial charge in [0.15, 0.2) is 12.4 Å². The molecule has 0 radical (unpaired) electrons. The van der Waals surface area contributed by atoms with E-state index >= 15 is 0 Å². The Morgan fingerprint density at radius 2 is 1.65 bits per heavy atom. The summed E-state index contributed by atoms with van der Waals surface area (Å²) >= 11 is 0. The first-order valence-corrected chi connectivity index (χ1v) is 11.5. The van der Waals surface area contributed by atoms with Crippen molar-refractivity contribution in [3.63, 3.8) is 0 Å². The fraction of sp³-hybridized carbons (Fsp3) is 0.259. The molecular formula is C27H24N2O8. The van der Waals surface area contributed by atoms with E-state index in [0.29, 0.717) is 24.4 Å². The molecule has 4 rings (SSSR count). The van der Waals surface area contributed by atoms with E-state index < -0.39 is 51.7 Å². The first-order valence-electron chi connectivity index (χ1n) is 11.5. The van der Waals surface area contributed by atoms with Gasteiger partial charge < -0.3 is 14.0 Å². The second kappa shape index (κ2) is 10.3. The maximum Gasteiger partial charge on any atom is 0.345 e. The Balaban J connectivity index is 1.59. The molecule has 2 aromatic carbocycles. The Bertz CT molecular complexity index is 1470. The minimum absolute atomic E-state index is 0.0182. The van der Waals surface area contributed by atoms with Gasteiger partial charge in [0.1, 0.15) is 11.1 Å². The molecule has 0 fully saturated rings. The van der Waals surface area contributed by atoms with Gasteiger partial charge in [-0.05, 0) is 38.5 Å². The standard InChI is InChI=1S/C27H24N2O8/c1-15-13-21(16(2)28(15)11-6-12-36-3)22(30)14-37-27(33)20-10-9-19-23(24(20)29(34)35)26(32)18-8-5-4-7-17(18)25(19)31/h4-5,7-10,13H,6,11-12,14H2,1-3H3. The lowest BCUT2D eigenvalue weighted by Crippen LogP contribution is -2.24. The molecule has 1 aliphatic rings. The van der Waals surface area contributed by atoms with Gasteiger partial charge in [-0.3, -0.25) is 24.5 Å². The van der Waals surface area contributed by atoms with E-state index in [4.69, 9.17) is 9.47 Å². The van der Waals surface area contributed by atoms with Gasteiger partial charge in [0, 0.05) is 53.9 Å². The molecule has 190 valence electrons. The van der Waals surface area contributed by atoms with Crippen LogP contribution in [0.3, 0.4) is 0 Å². The van der Waals surface area contributed by atoms with Crippen LogP contribution in [0.4, 0.5) is 5.69 Å². The number of carbonyl (C=O) groups is 4. The Hall–Kier alpha value is -4.44. The van der Waals surface area contributed by atoms with E-state index in [0.717, 1.165) is 18.2 Å². The van der Waals surface area contributed by atoms with Gasteiger partial charge in [0.05, 0.1) is 4.92 Å². The first kappa shape index (κ1) is 25.6. The molecule has 37 heavy (non-hydrogen) atoms. The second-order valence-corrected chi connectivity index (χ2v) is 8.63. The summed E-state index contributed by atoms with van der Waals surface area (Å²) in [6.45, 7) is 4.21. The lowest BCUT2D eigenvalue weighted by Gasteiger charge is -2.18. The van der Waals surface area contributed by atoms with Crippen LogP contribution in [0, 0.1) is 24.0 Å². The van der Waals surface area contributed by atoms with Gasteiger partial charge in [-0.15, -0.1) is 0 Å². The normalized spacial score (nSPS) is 12.2. The van der Waals surface area contributed by atoms with E-state index in [-0.39, 0.29) is 16.7 Å². The number of aryl methyl sites for hydroxylation is 1. The maximum atomic E-state index is 13.1. The summed E-state index contributed by atoms with van der Waals surface area (Å²) in [6, 6.07) is 9.96. The van der Waals surface area contributed by atoms with Gasteiger partial charge in [0.25, 0.3) is 5.69 Å². The zero-order chi connectivity index (χ0) is 26.9. The summed E-state index contributed by atoms with van der Waals surface area (Å²) in [5.41, 5.74) is 0.133. The van der Waals surface area contributed by atoms with Crippen LogP contribution in [0.1, 0.15) is 70.4 Å². The maximum absolute atomic E-state index is 13.1. The fourth-order valence-electron chi connectivity index (χ4n) is 4.60. The third kappa shape index (κ3) is 4.58. The van der Waals surface area contributed by atoms with E-state index in [1.807, 2.05) is 11.5 Å². The number of methoxy groups -OCH3 is 1. The van der Waals surface area contributed by atoms with E-state index in [1.54, 1.807) is 32.2 Å². The molecule has 10 nitrogen and oxygen atoms in total. The molecule has 1 aromatic heterocycles. The Labute approximate surface area is 211 Å². The van der Waals surface area contributed by atoms with Crippen molar-refractivity contribution in [1.82, 2.24) is 4.57 Å². The number of nitro benzene ring substituents is 1. The summed E-state index contributed by atoms with van der Waals surface area (Å²) in [6.07, 6.45) is 0.753. The van der Waals surface area contributed by atoms with Gasteiger partial charge >= 0.3 is 5.97 Å². The highest BCUT2D eigenvalue weighted by atomic mass is 16.6. The number of Topliss-reactive ketones (excluding diaryl/α,β-unsaturated/α-hetero) is 1. The topological polar surface area (TPSA) is 135 Å². The Morgan fingerprint density at radius 1 is 0.973 bits per heavy atom. The van der Waals surface area contributed by atoms with Gasteiger partial charge in [0.2, 0.25) is 11.6 Å². The number of hydrogen-bond donors (Lipinski definition) is 0. The molecule has 0 unspecified atom stereocenters. The van der Waals surface area contributed by atoms with E-state index in [2.05, 4.69) is 0 Å². The van der Waals surface area contributed by atoms with Crippen LogP contribution in [-0.4, -0.2) is 53.1 Å². The zero-order valence-corrected chi connectivity index (χ0v) is 20.5. The average molecular weight is 504 g/mol. The average Bonchev–Trinajstić information content (AvgIpc) is 3.18. The number of nitrogens with zero attached hydrogens (tertiary/aromatic N) is 2. The predicted octanol–water partition coefficient (Wildman–Crippen LogP) is 3.86. The van der Waals surface area contributed by atoms with Crippen molar-refractivity contribution in [1.29, 1.82) is 0 Å². The lowest BCUT2D eigenvalue weighted by atomic mass is 9.82. The van der Waals surface area contributed by atoms with Crippen LogP contribution in [0.15, 0.2) is 42.5 Å².